The van der Waals surface area contributed by atoms with Crippen molar-refractivity contribution < 1.29 is 4.74 Å². The van der Waals surface area contributed by atoms with Gasteiger partial charge in [-0.3, -0.25) is 4.90 Å². The largest absolute Gasteiger partial charge is 0.497 e. The fourth-order valence-electron chi connectivity index (χ4n) is 4.20. The van der Waals surface area contributed by atoms with Crippen LogP contribution in [0.5, 0.6) is 5.75 Å². The van der Waals surface area contributed by atoms with E-state index in [0.29, 0.717) is 6.04 Å². The molecule has 0 aliphatic carbocycles. The summed E-state index contributed by atoms with van der Waals surface area (Å²) in [5.41, 5.74) is 1.29. The van der Waals surface area contributed by atoms with Gasteiger partial charge in [0.1, 0.15) is 11.6 Å². The lowest BCUT2D eigenvalue weighted by atomic mass is 10.2. The molecule has 0 amide bonds. The lowest BCUT2D eigenvalue weighted by Crippen LogP contribution is -2.28. The van der Waals surface area contributed by atoms with E-state index in [4.69, 9.17) is 9.72 Å². The van der Waals surface area contributed by atoms with Gasteiger partial charge in [-0.2, -0.15) is 4.98 Å². The first kappa shape index (κ1) is 19.0. The minimum Gasteiger partial charge on any atom is -0.497 e. The predicted octanol–water partition coefficient (Wildman–Crippen LogP) is 3.55. The van der Waals surface area contributed by atoms with Crippen molar-refractivity contribution in [2.45, 2.75) is 44.7 Å². The van der Waals surface area contributed by atoms with Crippen LogP contribution in [0, 0.1) is 0 Å². The van der Waals surface area contributed by atoms with Crippen molar-refractivity contribution in [3.05, 3.63) is 42.1 Å². The Morgan fingerprint density at radius 1 is 1.11 bits per heavy atom. The zero-order valence-corrected chi connectivity index (χ0v) is 16.8. The lowest BCUT2D eigenvalue weighted by Gasteiger charge is -2.22. The second-order valence-electron chi connectivity index (χ2n) is 7.86. The van der Waals surface area contributed by atoms with Crippen molar-refractivity contribution in [1.82, 2.24) is 14.9 Å². The highest BCUT2D eigenvalue weighted by atomic mass is 16.5. The number of ether oxygens (including phenoxy) is 1. The molecular weight excluding hydrogens is 350 g/mol. The van der Waals surface area contributed by atoms with Gasteiger partial charge in [0, 0.05) is 45.0 Å². The van der Waals surface area contributed by atoms with Crippen LogP contribution in [0.25, 0.3) is 0 Å². The topological polar surface area (TPSA) is 53.5 Å². The zero-order valence-electron chi connectivity index (χ0n) is 16.8. The smallest absolute Gasteiger partial charge is 0.224 e. The van der Waals surface area contributed by atoms with Gasteiger partial charge in [-0.15, -0.1) is 0 Å². The third kappa shape index (κ3) is 4.93. The van der Waals surface area contributed by atoms with Gasteiger partial charge >= 0.3 is 0 Å². The van der Waals surface area contributed by atoms with Crippen molar-refractivity contribution in [2.24, 2.45) is 0 Å². The van der Waals surface area contributed by atoms with Crippen LogP contribution in [-0.2, 0) is 6.54 Å². The highest BCUT2D eigenvalue weighted by Crippen LogP contribution is 2.21. The maximum Gasteiger partial charge on any atom is 0.224 e. The van der Waals surface area contributed by atoms with Crippen LogP contribution in [-0.4, -0.2) is 54.2 Å². The summed E-state index contributed by atoms with van der Waals surface area (Å²) in [4.78, 5) is 14.2. The molecule has 2 aromatic rings. The SMILES string of the molecule is COc1cccc(CN2CCC(Nc3nccc(N4CCCCCC4)n3)C2)c1. The standard InChI is InChI=1S/C22H31N5O/c1-28-20-8-6-7-18(15-20)16-26-14-10-19(17-26)24-22-23-11-9-21(25-22)27-12-4-2-3-5-13-27/h6-9,11,15,19H,2-5,10,12-14,16-17H2,1H3,(H,23,24,25). The van der Waals surface area contributed by atoms with E-state index in [9.17, 15) is 0 Å². The normalized spacial score (nSPS) is 20.8. The molecule has 28 heavy (non-hydrogen) atoms. The van der Waals surface area contributed by atoms with Crippen LogP contribution in [0.3, 0.4) is 0 Å². The molecule has 4 rings (SSSR count). The summed E-state index contributed by atoms with van der Waals surface area (Å²) in [6.45, 7) is 5.25. The van der Waals surface area contributed by atoms with Crippen LogP contribution in [0.15, 0.2) is 36.5 Å². The fourth-order valence-corrected chi connectivity index (χ4v) is 4.20. The van der Waals surface area contributed by atoms with Gasteiger partial charge < -0.3 is 15.0 Å². The second-order valence-corrected chi connectivity index (χ2v) is 7.86. The summed E-state index contributed by atoms with van der Waals surface area (Å²) in [5, 5.41) is 3.56. The Morgan fingerprint density at radius 3 is 2.79 bits per heavy atom. The third-order valence-corrected chi connectivity index (χ3v) is 5.72. The number of aromatic nitrogens is 2. The molecular formula is C22H31N5O. The van der Waals surface area contributed by atoms with Gasteiger partial charge in [-0.25, -0.2) is 4.98 Å². The van der Waals surface area contributed by atoms with Crippen LogP contribution in [0.2, 0.25) is 0 Å². The first-order valence-corrected chi connectivity index (χ1v) is 10.5. The zero-order chi connectivity index (χ0) is 19.2. The van der Waals surface area contributed by atoms with E-state index < -0.39 is 0 Å². The molecule has 3 heterocycles. The molecule has 1 atom stereocenters. The molecule has 0 bridgehead atoms. The Hall–Kier alpha value is -2.34. The molecule has 2 aliphatic heterocycles. The molecule has 6 nitrogen and oxygen atoms in total. The molecule has 2 fully saturated rings. The first-order chi connectivity index (χ1) is 13.8. The van der Waals surface area contributed by atoms with Crippen molar-refractivity contribution in [3.63, 3.8) is 0 Å². The highest BCUT2D eigenvalue weighted by Gasteiger charge is 2.23. The number of benzene rings is 1. The van der Waals surface area contributed by atoms with Gasteiger partial charge in [-0.1, -0.05) is 25.0 Å². The van der Waals surface area contributed by atoms with Gasteiger partial charge in [0.25, 0.3) is 0 Å². The first-order valence-electron chi connectivity index (χ1n) is 10.5. The van der Waals surface area contributed by atoms with Crippen molar-refractivity contribution in [2.75, 3.05) is 43.5 Å². The minimum atomic E-state index is 0.394. The predicted molar refractivity (Wildman–Crippen MR) is 113 cm³/mol. The van der Waals surface area contributed by atoms with E-state index in [2.05, 4.69) is 38.3 Å². The van der Waals surface area contributed by atoms with Crippen molar-refractivity contribution >= 4 is 11.8 Å². The maximum atomic E-state index is 5.34. The fraction of sp³-hybridized carbons (Fsp3) is 0.545. The van der Waals surface area contributed by atoms with Crippen molar-refractivity contribution in [3.8, 4) is 5.75 Å². The molecule has 1 aromatic carbocycles. The van der Waals surface area contributed by atoms with Crippen LogP contribution >= 0.6 is 0 Å². The van der Waals surface area contributed by atoms with E-state index in [0.717, 1.165) is 56.7 Å². The molecule has 0 spiro atoms. The van der Waals surface area contributed by atoms with E-state index in [1.807, 2.05) is 18.3 Å². The number of nitrogens with one attached hydrogen (secondary N) is 1. The van der Waals surface area contributed by atoms with E-state index >= 15 is 0 Å². The number of hydrogen-bond donors (Lipinski definition) is 1. The molecule has 6 heteroatoms. The Morgan fingerprint density at radius 2 is 1.96 bits per heavy atom. The Kier molecular flexibility index (Phi) is 6.27. The van der Waals surface area contributed by atoms with Crippen LogP contribution < -0.4 is 15.0 Å². The molecule has 1 N–H and O–H groups in total. The van der Waals surface area contributed by atoms with Gasteiger partial charge in [-0.05, 0) is 43.0 Å². The van der Waals surface area contributed by atoms with Gasteiger partial charge in [0.15, 0.2) is 0 Å². The summed E-state index contributed by atoms with van der Waals surface area (Å²) < 4.78 is 5.34. The van der Waals surface area contributed by atoms with Gasteiger partial charge in [0.2, 0.25) is 5.95 Å². The monoisotopic (exact) mass is 381 g/mol. The Bertz CT molecular complexity index is 760. The van der Waals surface area contributed by atoms with Crippen molar-refractivity contribution in [1.29, 1.82) is 0 Å². The van der Waals surface area contributed by atoms with E-state index in [1.54, 1.807) is 7.11 Å². The second kappa shape index (κ2) is 9.24. The third-order valence-electron chi connectivity index (χ3n) is 5.72. The molecule has 0 radical (unpaired) electrons. The number of likely N-dealkylation sites (tertiary alicyclic amines) is 1. The van der Waals surface area contributed by atoms with Crippen LogP contribution in [0.1, 0.15) is 37.7 Å². The van der Waals surface area contributed by atoms with E-state index in [1.165, 1.54) is 31.2 Å². The molecule has 150 valence electrons. The molecule has 2 saturated heterocycles. The lowest BCUT2D eigenvalue weighted by molar-refractivity contribution is 0.327. The summed E-state index contributed by atoms with van der Waals surface area (Å²) in [6, 6.07) is 10.8. The summed E-state index contributed by atoms with van der Waals surface area (Å²) >= 11 is 0. The van der Waals surface area contributed by atoms with E-state index in [-0.39, 0.29) is 0 Å². The van der Waals surface area contributed by atoms with Crippen LogP contribution in [0.4, 0.5) is 11.8 Å². The summed E-state index contributed by atoms with van der Waals surface area (Å²) in [5.74, 6) is 2.74. The number of anilines is 2. The number of nitrogens with zero attached hydrogens (tertiary/aromatic N) is 4. The average molecular weight is 382 g/mol. The molecule has 1 aromatic heterocycles. The van der Waals surface area contributed by atoms with Gasteiger partial charge in [0.05, 0.1) is 7.11 Å². The Labute approximate surface area is 167 Å². The summed E-state index contributed by atoms with van der Waals surface area (Å²) in [7, 11) is 1.72. The Balaban J connectivity index is 1.33. The number of methoxy groups -OCH3 is 1. The number of rotatable bonds is 6. The molecule has 0 saturated carbocycles. The minimum absolute atomic E-state index is 0.394. The quantitative estimate of drug-likeness (QED) is 0.826. The summed E-state index contributed by atoms with van der Waals surface area (Å²) in [6.07, 6.45) is 8.18. The molecule has 2 aliphatic rings. The highest BCUT2D eigenvalue weighted by molar-refractivity contribution is 5.43. The number of hydrogen-bond acceptors (Lipinski definition) is 6. The molecule has 1 unspecified atom stereocenters. The average Bonchev–Trinajstić information content (AvgIpc) is 2.98. The maximum absolute atomic E-state index is 5.34.